The number of hydrogen-bond donors (Lipinski definition) is 1. The molecule has 28 heavy (non-hydrogen) atoms. The maximum atomic E-state index is 12.9. The molecule has 1 aliphatic heterocycles. The van der Waals surface area contributed by atoms with Gasteiger partial charge >= 0.3 is 0 Å². The summed E-state index contributed by atoms with van der Waals surface area (Å²) in [5.41, 5.74) is -0.685. The minimum absolute atomic E-state index is 0.145. The minimum atomic E-state index is -0.685. The molecule has 2 saturated carbocycles. The van der Waals surface area contributed by atoms with Gasteiger partial charge in [-0.3, -0.25) is 19.3 Å². The van der Waals surface area contributed by atoms with Crippen LogP contribution in [0.5, 0.6) is 0 Å². The van der Waals surface area contributed by atoms with Crippen LogP contribution in [0, 0.1) is 30.6 Å². The number of nitrogens with zero attached hydrogens (tertiary/aromatic N) is 3. The number of carbonyl (C=O) groups is 3. The van der Waals surface area contributed by atoms with Gasteiger partial charge in [-0.05, 0) is 31.1 Å². The summed E-state index contributed by atoms with van der Waals surface area (Å²) in [5, 5.41) is 7.09. The van der Waals surface area contributed by atoms with E-state index in [-0.39, 0.29) is 47.9 Å². The zero-order chi connectivity index (χ0) is 19.5. The van der Waals surface area contributed by atoms with Gasteiger partial charge in [0.2, 0.25) is 23.6 Å². The number of amides is 3. The second kappa shape index (κ2) is 6.25. The highest BCUT2D eigenvalue weighted by molar-refractivity contribution is 6.08. The second-order valence-electron chi connectivity index (χ2n) is 8.59. The number of likely N-dealkylation sites (tertiary alicyclic amines) is 1. The Morgan fingerprint density at radius 2 is 1.82 bits per heavy atom. The van der Waals surface area contributed by atoms with Crippen LogP contribution >= 0.6 is 0 Å². The van der Waals surface area contributed by atoms with Gasteiger partial charge in [-0.25, -0.2) is 0 Å². The highest BCUT2D eigenvalue weighted by Gasteiger charge is 2.59. The molecule has 5 rings (SSSR count). The highest BCUT2D eigenvalue weighted by atomic mass is 16.5. The maximum Gasteiger partial charge on any atom is 0.240 e. The van der Waals surface area contributed by atoms with Gasteiger partial charge in [0, 0.05) is 6.92 Å². The first-order valence-corrected chi connectivity index (χ1v) is 10.1. The molecule has 0 spiro atoms. The van der Waals surface area contributed by atoms with Crippen LogP contribution in [0.15, 0.2) is 16.7 Å². The first kappa shape index (κ1) is 17.6. The lowest BCUT2D eigenvalue weighted by molar-refractivity contribution is -0.145. The van der Waals surface area contributed by atoms with Crippen molar-refractivity contribution in [3.8, 4) is 0 Å². The van der Waals surface area contributed by atoms with E-state index >= 15 is 0 Å². The predicted molar refractivity (Wildman–Crippen MR) is 96.4 cm³/mol. The van der Waals surface area contributed by atoms with Gasteiger partial charge in [-0.15, -0.1) is 0 Å². The number of nitrogens with one attached hydrogen (secondary N) is 1. The van der Waals surface area contributed by atoms with Crippen molar-refractivity contribution in [3.63, 3.8) is 0 Å². The number of rotatable bonds is 4. The smallest absolute Gasteiger partial charge is 0.240 e. The zero-order valence-electron chi connectivity index (χ0n) is 15.9. The lowest BCUT2D eigenvalue weighted by Gasteiger charge is -2.35. The predicted octanol–water partition coefficient (Wildman–Crippen LogP) is 1.46. The van der Waals surface area contributed by atoms with Crippen molar-refractivity contribution < 1.29 is 18.9 Å². The molecule has 3 fully saturated rings. The highest BCUT2D eigenvalue weighted by Crippen LogP contribution is 2.52. The van der Waals surface area contributed by atoms with E-state index in [4.69, 9.17) is 4.52 Å². The van der Waals surface area contributed by atoms with Crippen molar-refractivity contribution in [1.29, 1.82) is 0 Å². The fraction of sp³-hybridized carbons (Fsp3) is 0.650. The molecule has 2 bridgehead atoms. The van der Waals surface area contributed by atoms with E-state index in [1.165, 1.54) is 0 Å². The summed E-state index contributed by atoms with van der Waals surface area (Å²) < 4.78 is 5.13. The van der Waals surface area contributed by atoms with Crippen LogP contribution in [0.3, 0.4) is 0 Å². The molecule has 3 aliphatic carbocycles. The summed E-state index contributed by atoms with van der Waals surface area (Å²) in [5.74, 6) is -0.0710. The third-order valence-corrected chi connectivity index (χ3v) is 6.90. The van der Waals surface area contributed by atoms with Crippen LogP contribution in [0.1, 0.15) is 50.2 Å². The van der Waals surface area contributed by atoms with E-state index < -0.39 is 5.54 Å². The van der Waals surface area contributed by atoms with Crippen molar-refractivity contribution in [3.05, 3.63) is 23.9 Å². The van der Waals surface area contributed by atoms with Gasteiger partial charge in [0.25, 0.3) is 0 Å². The van der Waals surface area contributed by atoms with E-state index in [9.17, 15) is 14.4 Å². The molecule has 0 aromatic carbocycles. The van der Waals surface area contributed by atoms with Crippen LogP contribution in [-0.2, 0) is 19.9 Å². The molecule has 0 radical (unpaired) electrons. The summed E-state index contributed by atoms with van der Waals surface area (Å²) in [6.07, 6.45) is 9.43. The first-order valence-electron chi connectivity index (χ1n) is 10.1. The number of allylic oxidation sites excluding steroid dienone is 2. The standard InChI is InChI=1S/C20H24N4O4/c1-11-21-19(23-28-11)20(7-3-2-4-8-20)22-14(25)10-24-17(26)15-12-5-6-13(9-12)16(15)18(24)27/h5-6,12-13,15-16H,2-4,7-10H2,1H3,(H,22,25). The first-order chi connectivity index (χ1) is 13.5. The molecule has 8 nitrogen and oxygen atoms in total. The largest absolute Gasteiger partial charge is 0.342 e. The van der Waals surface area contributed by atoms with E-state index in [1.807, 2.05) is 0 Å². The Labute approximate surface area is 162 Å². The molecule has 1 aromatic rings. The van der Waals surface area contributed by atoms with Gasteiger partial charge in [0.15, 0.2) is 5.82 Å². The average molecular weight is 384 g/mol. The molecular formula is C20H24N4O4. The molecule has 1 N–H and O–H groups in total. The summed E-state index contributed by atoms with van der Waals surface area (Å²) in [4.78, 5) is 44.0. The van der Waals surface area contributed by atoms with Crippen molar-refractivity contribution in [2.75, 3.05) is 6.54 Å². The number of aromatic nitrogens is 2. The number of fused-ring (bicyclic) bond motifs is 5. The third kappa shape index (κ3) is 2.53. The van der Waals surface area contributed by atoms with Crippen molar-refractivity contribution in [2.24, 2.45) is 23.7 Å². The Balaban J connectivity index is 1.33. The maximum absolute atomic E-state index is 12.9. The summed E-state index contributed by atoms with van der Waals surface area (Å²) >= 11 is 0. The quantitative estimate of drug-likeness (QED) is 0.622. The SMILES string of the molecule is Cc1nc(C2(NC(=O)CN3C(=O)C4C5C=CC(C5)C4C3=O)CCCCC2)no1. The molecule has 4 aliphatic rings. The van der Waals surface area contributed by atoms with Crippen LogP contribution in [-0.4, -0.2) is 39.3 Å². The van der Waals surface area contributed by atoms with Gasteiger partial charge in [0.05, 0.1) is 11.8 Å². The fourth-order valence-corrected chi connectivity index (χ4v) is 5.62. The van der Waals surface area contributed by atoms with Gasteiger partial charge in [-0.1, -0.05) is 36.6 Å². The van der Waals surface area contributed by atoms with Crippen LogP contribution in [0.4, 0.5) is 0 Å². The number of aryl methyl sites for hydroxylation is 1. The van der Waals surface area contributed by atoms with Gasteiger partial charge in [-0.2, -0.15) is 4.98 Å². The summed E-state index contributed by atoms with van der Waals surface area (Å²) in [6, 6.07) is 0. The van der Waals surface area contributed by atoms with E-state index in [1.54, 1.807) is 6.92 Å². The normalized spacial score (nSPS) is 32.8. The Bertz CT molecular complexity index is 839. The topological polar surface area (TPSA) is 105 Å². The summed E-state index contributed by atoms with van der Waals surface area (Å²) in [7, 11) is 0. The van der Waals surface area contributed by atoms with Gasteiger partial charge < -0.3 is 9.84 Å². The van der Waals surface area contributed by atoms with Gasteiger partial charge in [0.1, 0.15) is 12.1 Å². The van der Waals surface area contributed by atoms with Crippen molar-refractivity contribution >= 4 is 17.7 Å². The lowest BCUT2D eigenvalue weighted by Crippen LogP contribution is -2.52. The third-order valence-electron chi connectivity index (χ3n) is 6.90. The summed E-state index contributed by atoms with van der Waals surface area (Å²) in [6.45, 7) is 1.49. The Kier molecular flexibility index (Phi) is 3.93. The molecular weight excluding hydrogens is 360 g/mol. The monoisotopic (exact) mass is 384 g/mol. The molecule has 148 valence electrons. The van der Waals surface area contributed by atoms with Crippen LogP contribution < -0.4 is 5.32 Å². The molecule has 4 atom stereocenters. The van der Waals surface area contributed by atoms with Crippen LogP contribution in [0.25, 0.3) is 0 Å². The fourth-order valence-electron chi connectivity index (χ4n) is 5.62. The molecule has 4 unspecified atom stereocenters. The molecule has 8 heteroatoms. The van der Waals surface area contributed by atoms with E-state index in [2.05, 4.69) is 27.6 Å². The Morgan fingerprint density at radius 1 is 1.18 bits per heavy atom. The zero-order valence-corrected chi connectivity index (χ0v) is 15.9. The molecule has 1 aromatic heterocycles. The average Bonchev–Trinajstić information content (AvgIpc) is 3.44. The molecule has 1 saturated heterocycles. The number of carbonyl (C=O) groups excluding carboxylic acids is 3. The lowest BCUT2D eigenvalue weighted by atomic mass is 9.81. The molecule has 2 heterocycles. The minimum Gasteiger partial charge on any atom is -0.342 e. The molecule has 3 amide bonds. The van der Waals surface area contributed by atoms with Crippen LogP contribution in [0.2, 0.25) is 0 Å². The van der Waals surface area contributed by atoms with Crippen molar-refractivity contribution in [2.45, 2.75) is 51.0 Å². The van der Waals surface area contributed by atoms with E-state index in [0.29, 0.717) is 11.7 Å². The van der Waals surface area contributed by atoms with Crippen molar-refractivity contribution in [1.82, 2.24) is 20.4 Å². The number of hydrogen-bond acceptors (Lipinski definition) is 6. The Hall–Kier alpha value is -2.51. The number of imide groups is 1. The second-order valence-corrected chi connectivity index (χ2v) is 8.59. The van der Waals surface area contributed by atoms with E-state index in [0.717, 1.165) is 43.4 Å². The Morgan fingerprint density at radius 3 is 2.39 bits per heavy atom.